The van der Waals surface area contributed by atoms with Gasteiger partial charge >= 0.3 is 0 Å². The summed E-state index contributed by atoms with van der Waals surface area (Å²) < 4.78 is 12.2. The lowest BCUT2D eigenvalue weighted by Gasteiger charge is -2.38. The minimum atomic E-state index is -0.323. The number of amides is 1. The summed E-state index contributed by atoms with van der Waals surface area (Å²) >= 11 is 0. The van der Waals surface area contributed by atoms with Crippen LogP contribution in [0.5, 0.6) is 11.5 Å². The van der Waals surface area contributed by atoms with Gasteiger partial charge in [0.15, 0.2) is 5.96 Å². The van der Waals surface area contributed by atoms with Crippen LogP contribution in [-0.4, -0.2) is 42.3 Å². The highest BCUT2D eigenvalue weighted by atomic mass is 16.5. The Morgan fingerprint density at radius 2 is 1.89 bits per heavy atom. The van der Waals surface area contributed by atoms with Gasteiger partial charge in [0.1, 0.15) is 17.1 Å². The van der Waals surface area contributed by atoms with Crippen molar-refractivity contribution in [2.24, 2.45) is 16.5 Å². The molecule has 0 bridgehead atoms. The molecule has 0 aromatic heterocycles. The molecule has 1 aliphatic rings. The molecule has 6 N–H and O–H groups in total. The lowest BCUT2D eigenvalue weighted by Crippen LogP contribution is -2.38. The number of hydrogen-bond donors (Lipinski definition) is 4. The first-order valence-electron chi connectivity index (χ1n) is 11.8. The van der Waals surface area contributed by atoms with Gasteiger partial charge in [-0.15, -0.1) is 0 Å². The summed E-state index contributed by atoms with van der Waals surface area (Å²) in [6, 6.07) is 7.20. The van der Waals surface area contributed by atoms with E-state index in [4.69, 9.17) is 20.9 Å². The van der Waals surface area contributed by atoms with Crippen LogP contribution in [0.4, 0.5) is 5.69 Å². The number of carbonyl (C=O) groups excluding carboxylic acids is 1. The highest BCUT2D eigenvalue weighted by molar-refractivity contribution is 5.91. The van der Waals surface area contributed by atoms with Crippen molar-refractivity contribution in [3.8, 4) is 11.5 Å². The largest absolute Gasteiger partial charge is 0.507 e. The zero-order valence-corrected chi connectivity index (χ0v) is 21.0. The van der Waals surface area contributed by atoms with Gasteiger partial charge in [0.2, 0.25) is 5.91 Å². The van der Waals surface area contributed by atoms with Gasteiger partial charge in [-0.3, -0.25) is 4.79 Å². The van der Waals surface area contributed by atoms with Gasteiger partial charge in [-0.1, -0.05) is 12.1 Å². The van der Waals surface area contributed by atoms with Crippen molar-refractivity contribution in [3.05, 3.63) is 58.2 Å². The lowest BCUT2D eigenvalue weighted by atomic mass is 9.86. The third-order valence-electron chi connectivity index (χ3n) is 6.49. The van der Waals surface area contributed by atoms with Crippen LogP contribution in [0.1, 0.15) is 47.6 Å². The molecule has 1 atom stereocenters. The van der Waals surface area contributed by atoms with Crippen LogP contribution < -0.4 is 21.5 Å². The van der Waals surface area contributed by atoms with Crippen molar-refractivity contribution in [2.45, 2.75) is 52.6 Å². The number of guanidine groups is 1. The van der Waals surface area contributed by atoms with Crippen molar-refractivity contribution in [1.29, 1.82) is 0 Å². The molecule has 1 aliphatic heterocycles. The van der Waals surface area contributed by atoms with E-state index in [1.54, 1.807) is 18.2 Å². The number of benzene rings is 2. The first-order chi connectivity index (χ1) is 16.6. The molecule has 0 radical (unpaired) electrons. The number of phenols is 1. The van der Waals surface area contributed by atoms with Crippen molar-refractivity contribution in [1.82, 2.24) is 5.32 Å². The maximum absolute atomic E-state index is 12.0. The Kier molecular flexibility index (Phi) is 8.40. The first kappa shape index (κ1) is 26.1. The van der Waals surface area contributed by atoms with E-state index in [9.17, 15) is 9.90 Å². The number of aromatic hydroxyl groups is 1. The second-order valence-electron chi connectivity index (χ2n) is 9.20. The topological polar surface area (TPSA) is 132 Å². The van der Waals surface area contributed by atoms with Crippen molar-refractivity contribution < 1.29 is 19.4 Å². The molecule has 2 aromatic carbocycles. The van der Waals surface area contributed by atoms with Crippen LogP contribution in [0, 0.1) is 20.8 Å². The van der Waals surface area contributed by atoms with E-state index in [-0.39, 0.29) is 17.5 Å². The van der Waals surface area contributed by atoms with Crippen LogP contribution in [0.25, 0.3) is 6.08 Å². The highest BCUT2D eigenvalue weighted by Gasteiger charge is 2.34. The molecule has 188 valence electrons. The number of phenolic OH excluding ortho intramolecular Hbond substituents is 1. The average molecular weight is 481 g/mol. The van der Waals surface area contributed by atoms with E-state index in [2.05, 4.69) is 17.2 Å². The third kappa shape index (κ3) is 6.76. The second-order valence-corrected chi connectivity index (χ2v) is 9.20. The van der Waals surface area contributed by atoms with Gasteiger partial charge in [-0.2, -0.15) is 0 Å². The summed E-state index contributed by atoms with van der Waals surface area (Å²) in [6.45, 7) is 9.35. The predicted octanol–water partition coefficient (Wildman–Crippen LogP) is 3.54. The van der Waals surface area contributed by atoms with Crippen LogP contribution in [0.2, 0.25) is 0 Å². The number of fused-ring (bicyclic) bond motifs is 1. The SMILES string of the molecule is Cc1c(C)c2c(c(C)c1O)CCC(C)(CCOCCNC(=O)/C=C/c1ccc(N=C(N)N)cc1)O2. The normalized spacial score (nSPS) is 17.0. The zero-order chi connectivity index (χ0) is 25.6. The Bertz CT molecular complexity index is 1120. The van der Waals surface area contributed by atoms with Crippen LogP contribution in [0.15, 0.2) is 35.3 Å². The summed E-state index contributed by atoms with van der Waals surface area (Å²) in [5.41, 5.74) is 15.8. The van der Waals surface area contributed by atoms with E-state index in [0.717, 1.165) is 52.8 Å². The smallest absolute Gasteiger partial charge is 0.244 e. The molecule has 1 heterocycles. The number of nitrogens with one attached hydrogen (secondary N) is 1. The predicted molar refractivity (Wildman–Crippen MR) is 139 cm³/mol. The molecule has 1 amide bonds. The number of nitrogens with zero attached hydrogens (tertiary/aromatic N) is 1. The van der Waals surface area contributed by atoms with Gasteiger partial charge in [-0.25, -0.2) is 4.99 Å². The number of hydrogen-bond acceptors (Lipinski definition) is 5. The van der Waals surface area contributed by atoms with Crippen LogP contribution in [-0.2, 0) is 16.0 Å². The lowest BCUT2D eigenvalue weighted by molar-refractivity contribution is -0.116. The molecule has 2 aromatic rings. The second kappa shape index (κ2) is 11.3. The van der Waals surface area contributed by atoms with Crippen molar-refractivity contribution in [2.75, 3.05) is 19.8 Å². The molecule has 35 heavy (non-hydrogen) atoms. The van der Waals surface area contributed by atoms with Gasteiger partial charge in [0.25, 0.3) is 0 Å². The van der Waals surface area contributed by atoms with Gasteiger partial charge in [-0.05, 0) is 81.0 Å². The Morgan fingerprint density at radius 3 is 2.57 bits per heavy atom. The molecule has 3 rings (SSSR count). The van der Waals surface area contributed by atoms with Crippen molar-refractivity contribution in [3.63, 3.8) is 0 Å². The quantitative estimate of drug-likeness (QED) is 0.188. The number of carbonyl (C=O) groups is 1. The molecule has 0 saturated heterocycles. The number of rotatable bonds is 9. The number of nitrogens with two attached hydrogens (primary N) is 2. The van der Waals surface area contributed by atoms with Crippen molar-refractivity contribution >= 4 is 23.6 Å². The summed E-state index contributed by atoms with van der Waals surface area (Å²) in [6.07, 6.45) is 5.68. The summed E-state index contributed by atoms with van der Waals surface area (Å²) in [5, 5.41) is 13.2. The summed E-state index contributed by atoms with van der Waals surface area (Å²) in [4.78, 5) is 16.0. The Hall–Kier alpha value is -3.52. The summed E-state index contributed by atoms with van der Waals surface area (Å²) in [5.74, 6) is 1.08. The van der Waals surface area contributed by atoms with E-state index in [0.29, 0.717) is 31.2 Å². The Balaban J connectivity index is 1.39. The summed E-state index contributed by atoms with van der Waals surface area (Å²) in [7, 11) is 0. The van der Waals surface area contributed by atoms with Gasteiger partial charge in [0.05, 0.1) is 18.9 Å². The molecular weight excluding hydrogens is 444 g/mol. The fourth-order valence-corrected chi connectivity index (χ4v) is 4.15. The molecule has 0 aliphatic carbocycles. The third-order valence-corrected chi connectivity index (χ3v) is 6.49. The maximum atomic E-state index is 12.0. The van der Waals surface area contributed by atoms with Crippen LogP contribution in [0.3, 0.4) is 0 Å². The maximum Gasteiger partial charge on any atom is 0.244 e. The van der Waals surface area contributed by atoms with E-state index in [1.165, 1.54) is 6.08 Å². The molecule has 0 spiro atoms. The van der Waals surface area contributed by atoms with E-state index < -0.39 is 0 Å². The van der Waals surface area contributed by atoms with E-state index >= 15 is 0 Å². The first-order valence-corrected chi connectivity index (χ1v) is 11.8. The Morgan fingerprint density at radius 1 is 1.17 bits per heavy atom. The minimum Gasteiger partial charge on any atom is -0.507 e. The standard InChI is InChI=1S/C27H36N4O4/c1-17-18(2)25-22(19(3)24(17)33)11-12-27(4,35-25)13-15-34-16-14-30-23(32)10-7-20-5-8-21(9-6-20)31-26(28)29/h5-10,33H,11-16H2,1-4H3,(H,30,32)(H4,28,29,31)/b10-7+. The highest BCUT2D eigenvalue weighted by Crippen LogP contribution is 2.44. The number of aliphatic imine (C=N–C) groups is 1. The fraction of sp³-hybridized carbons (Fsp3) is 0.407. The molecule has 0 fully saturated rings. The monoisotopic (exact) mass is 480 g/mol. The fourth-order valence-electron chi connectivity index (χ4n) is 4.15. The molecule has 8 heteroatoms. The zero-order valence-electron chi connectivity index (χ0n) is 21.0. The number of ether oxygens (including phenoxy) is 2. The molecule has 0 saturated carbocycles. The van der Waals surface area contributed by atoms with E-state index in [1.807, 2.05) is 32.9 Å². The molecular formula is C27H36N4O4. The van der Waals surface area contributed by atoms with Gasteiger partial charge in [0, 0.05) is 24.6 Å². The van der Waals surface area contributed by atoms with Crippen LogP contribution >= 0.6 is 0 Å². The minimum absolute atomic E-state index is 0.00186. The Labute approximate surface area is 207 Å². The average Bonchev–Trinajstić information content (AvgIpc) is 2.82. The molecule has 8 nitrogen and oxygen atoms in total. The van der Waals surface area contributed by atoms with Gasteiger partial charge < -0.3 is 31.4 Å². The molecule has 1 unspecified atom stereocenters.